The van der Waals surface area contributed by atoms with E-state index in [9.17, 15) is 18.4 Å². The number of halogens is 4. The lowest BCUT2D eigenvalue weighted by Crippen LogP contribution is -2.51. The molecule has 5 aromatic rings. The van der Waals surface area contributed by atoms with Gasteiger partial charge >= 0.3 is 6.03 Å². The van der Waals surface area contributed by atoms with Crippen molar-refractivity contribution in [1.29, 1.82) is 0 Å². The van der Waals surface area contributed by atoms with Crippen LogP contribution in [0.4, 0.5) is 19.3 Å². The van der Waals surface area contributed by atoms with Crippen LogP contribution in [0.5, 0.6) is 0 Å². The smallest absolute Gasteiger partial charge is 0.319 e. The van der Waals surface area contributed by atoms with Gasteiger partial charge in [-0.2, -0.15) is 0 Å². The molecule has 0 bridgehead atoms. The van der Waals surface area contributed by atoms with E-state index in [1.54, 1.807) is 4.90 Å². The highest BCUT2D eigenvalue weighted by atomic mass is 35.5. The van der Waals surface area contributed by atoms with Crippen LogP contribution in [0.1, 0.15) is 40.8 Å². The standard InChI is InChI=1S/C38H40Cl2F2N6O2S/c39-31-7-3-8-32(40)30(31)24-48-22-26(21-46-14-1-2-15-46)29-11-10-27(20-36(29)48)44-38(50)45-35(19-25-9-12-33(41)34(42)18-25)37(49)47(16-5-13-43)23-28-6-4-17-51-28/h3-4,6-12,17-18,20,22,35H,1-2,5,13-16,19,21,23-24,43H2,(H2,44,45,50)/t35-/m0/s1. The fourth-order valence-electron chi connectivity index (χ4n) is 6.53. The summed E-state index contributed by atoms with van der Waals surface area (Å²) in [4.78, 5) is 32.7. The van der Waals surface area contributed by atoms with Crippen LogP contribution in [0.15, 0.2) is 78.3 Å². The topological polar surface area (TPSA) is 95.6 Å². The number of carbonyl (C=O) groups is 2. The van der Waals surface area contributed by atoms with E-state index in [4.69, 9.17) is 28.9 Å². The lowest BCUT2D eigenvalue weighted by molar-refractivity contribution is -0.133. The summed E-state index contributed by atoms with van der Waals surface area (Å²) in [6.07, 6.45) is 4.98. The Morgan fingerprint density at radius 3 is 2.45 bits per heavy atom. The Morgan fingerprint density at radius 1 is 0.961 bits per heavy atom. The van der Waals surface area contributed by atoms with Crippen molar-refractivity contribution in [2.45, 2.75) is 51.4 Å². The van der Waals surface area contributed by atoms with Gasteiger partial charge in [-0.3, -0.25) is 9.69 Å². The molecule has 3 amide bonds. The van der Waals surface area contributed by atoms with Crippen molar-refractivity contribution in [1.82, 2.24) is 19.7 Å². The Balaban J connectivity index is 1.27. The van der Waals surface area contributed by atoms with Crippen molar-refractivity contribution < 1.29 is 18.4 Å². The Labute approximate surface area is 310 Å². The van der Waals surface area contributed by atoms with Gasteiger partial charge in [0.25, 0.3) is 0 Å². The molecule has 1 aliphatic rings. The van der Waals surface area contributed by atoms with Crippen LogP contribution in [0, 0.1) is 11.6 Å². The summed E-state index contributed by atoms with van der Waals surface area (Å²) in [5.74, 6) is -2.38. The number of anilines is 1. The number of rotatable bonds is 14. The molecule has 1 fully saturated rings. The maximum Gasteiger partial charge on any atom is 0.319 e. The summed E-state index contributed by atoms with van der Waals surface area (Å²) in [6, 6.07) is 16.8. The highest BCUT2D eigenvalue weighted by Crippen LogP contribution is 2.31. The Hall–Kier alpha value is -4.00. The third-order valence-electron chi connectivity index (χ3n) is 9.10. The molecule has 3 aromatic carbocycles. The number of fused-ring (bicyclic) bond motifs is 1. The van der Waals surface area contributed by atoms with E-state index in [2.05, 4.69) is 26.3 Å². The van der Waals surface area contributed by atoms with E-state index in [0.29, 0.717) is 53.9 Å². The third-order valence-corrected chi connectivity index (χ3v) is 10.7. The highest BCUT2D eigenvalue weighted by molar-refractivity contribution is 7.09. The van der Waals surface area contributed by atoms with Gasteiger partial charge in [0.1, 0.15) is 6.04 Å². The number of nitrogens with zero attached hydrogens (tertiary/aromatic N) is 3. The number of aromatic nitrogens is 1. The van der Waals surface area contributed by atoms with E-state index < -0.39 is 23.7 Å². The summed E-state index contributed by atoms with van der Waals surface area (Å²) in [5, 5.41) is 9.83. The monoisotopic (exact) mass is 752 g/mol. The quantitative estimate of drug-likeness (QED) is 0.107. The normalized spacial score (nSPS) is 13.8. The molecular formula is C38H40Cl2F2N6O2S. The molecule has 1 saturated heterocycles. The van der Waals surface area contributed by atoms with Crippen molar-refractivity contribution >= 4 is 63.1 Å². The van der Waals surface area contributed by atoms with Gasteiger partial charge in [0.05, 0.1) is 18.6 Å². The first kappa shape index (κ1) is 36.8. The molecule has 268 valence electrons. The third kappa shape index (κ3) is 9.27. The van der Waals surface area contributed by atoms with Gasteiger partial charge in [-0.25, -0.2) is 13.6 Å². The molecule has 1 aliphatic heterocycles. The zero-order valence-corrected chi connectivity index (χ0v) is 30.3. The Bertz CT molecular complexity index is 1960. The number of amides is 3. The zero-order valence-electron chi connectivity index (χ0n) is 28.0. The number of urea groups is 1. The average Bonchev–Trinajstić information content (AvgIpc) is 3.89. The second-order valence-corrected chi connectivity index (χ2v) is 14.6. The van der Waals surface area contributed by atoms with Crippen LogP contribution in [-0.4, -0.2) is 58.5 Å². The molecule has 2 aromatic heterocycles. The van der Waals surface area contributed by atoms with Crippen LogP contribution in [0.3, 0.4) is 0 Å². The van der Waals surface area contributed by atoms with Crippen molar-refractivity contribution in [3.8, 4) is 0 Å². The Morgan fingerprint density at radius 2 is 1.75 bits per heavy atom. The number of nitrogens with one attached hydrogen (secondary N) is 2. The molecule has 51 heavy (non-hydrogen) atoms. The average molecular weight is 754 g/mol. The number of nitrogens with two attached hydrogens (primary N) is 1. The first-order valence-corrected chi connectivity index (χ1v) is 18.6. The van der Waals surface area contributed by atoms with Crippen LogP contribution in [0.2, 0.25) is 10.0 Å². The minimum atomic E-state index is -1.07. The number of carbonyl (C=O) groups excluding carboxylic acids is 2. The van der Waals surface area contributed by atoms with Crippen molar-refractivity contribution in [3.63, 3.8) is 0 Å². The predicted octanol–water partition coefficient (Wildman–Crippen LogP) is 8.04. The lowest BCUT2D eigenvalue weighted by atomic mass is 10.0. The van der Waals surface area contributed by atoms with Gasteiger partial charge in [-0.05, 0) is 97.9 Å². The van der Waals surface area contributed by atoms with E-state index in [1.165, 1.54) is 30.2 Å². The molecule has 0 radical (unpaired) electrons. The maximum atomic E-state index is 14.2. The summed E-state index contributed by atoms with van der Waals surface area (Å²) >= 11 is 14.6. The van der Waals surface area contributed by atoms with Crippen molar-refractivity contribution in [2.24, 2.45) is 5.73 Å². The van der Waals surface area contributed by atoms with Gasteiger partial charge in [-0.1, -0.05) is 47.5 Å². The SMILES string of the molecule is NCCCN(Cc1cccs1)C(=O)[C@H](Cc1ccc(F)c(F)c1)NC(=O)Nc1ccc2c(CN3CCCC3)cn(Cc3c(Cl)cccc3Cl)c2c1. The van der Waals surface area contributed by atoms with E-state index in [-0.39, 0.29) is 12.3 Å². The Kier molecular flexibility index (Phi) is 12.3. The van der Waals surface area contributed by atoms with Gasteiger partial charge in [0.15, 0.2) is 11.6 Å². The van der Waals surface area contributed by atoms with Crippen molar-refractivity contribution in [2.75, 3.05) is 31.5 Å². The largest absolute Gasteiger partial charge is 0.343 e. The number of hydrogen-bond acceptors (Lipinski definition) is 5. The molecule has 6 rings (SSSR count). The molecule has 8 nitrogen and oxygen atoms in total. The number of benzene rings is 3. The number of likely N-dealkylation sites (tertiary alicyclic amines) is 1. The van der Waals surface area contributed by atoms with Gasteiger partial charge in [0.2, 0.25) is 5.91 Å². The van der Waals surface area contributed by atoms with Crippen LogP contribution < -0.4 is 16.4 Å². The van der Waals surface area contributed by atoms with Gasteiger partial charge in [-0.15, -0.1) is 11.3 Å². The molecular weight excluding hydrogens is 713 g/mol. The molecule has 3 heterocycles. The van der Waals surface area contributed by atoms with Crippen molar-refractivity contribution in [3.05, 3.63) is 122 Å². The molecule has 4 N–H and O–H groups in total. The van der Waals surface area contributed by atoms with E-state index in [1.807, 2.05) is 53.9 Å². The minimum absolute atomic E-state index is 0.0483. The molecule has 0 spiro atoms. The fourth-order valence-corrected chi connectivity index (χ4v) is 7.76. The van der Waals surface area contributed by atoms with E-state index in [0.717, 1.165) is 58.7 Å². The number of hydrogen-bond donors (Lipinski definition) is 3. The summed E-state index contributed by atoms with van der Waals surface area (Å²) in [7, 11) is 0. The molecule has 0 aliphatic carbocycles. The van der Waals surface area contributed by atoms with Gasteiger partial charge in [0, 0.05) is 57.3 Å². The van der Waals surface area contributed by atoms with Gasteiger partial charge < -0.3 is 25.8 Å². The first-order valence-electron chi connectivity index (χ1n) is 17.0. The summed E-state index contributed by atoms with van der Waals surface area (Å²) in [5.41, 5.74) is 9.50. The molecule has 0 unspecified atom stereocenters. The molecule has 13 heteroatoms. The summed E-state index contributed by atoms with van der Waals surface area (Å²) in [6.45, 7) is 4.40. The molecule has 0 saturated carbocycles. The summed E-state index contributed by atoms with van der Waals surface area (Å²) < 4.78 is 30.1. The van der Waals surface area contributed by atoms with Crippen LogP contribution in [-0.2, 0) is 30.8 Å². The molecule has 1 atom stereocenters. The second kappa shape index (κ2) is 17.0. The van der Waals surface area contributed by atoms with Crippen LogP contribution in [0.25, 0.3) is 10.9 Å². The lowest BCUT2D eigenvalue weighted by Gasteiger charge is -2.28. The maximum absolute atomic E-state index is 14.2. The highest BCUT2D eigenvalue weighted by Gasteiger charge is 2.27. The second-order valence-electron chi connectivity index (χ2n) is 12.8. The van der Waals surface area contributed by atoms with E-state index >= 15 is 0 Å². The fraction of sp³-hybridized carbons (Fsp3) is 0.316. The number of thiophene rings is 1. The van der Waals surface area contributed by atoms with Crippen LogP contribution >= 0.6 is 34.5 Å². The first-order chi connectivity index (χ1) is 24.7. The minimum Gasteiger partial charge on any atom is -0.343 e. The zero-order chi connectivity index (χ0) is 35.9. The predicted molar refractivity (Wildman–Crippen MR) is 201 cm³/mol.